The van der Waals surface area contributed by atoms with Crippen molar-refractivity contribution in [1.29, 1.82) is 0 Å². The molecule has 0 saturated carbocycles. The predicted molar refractivity (Wildman–Crippen MR) is 132 cm³/mol. The van der Waals surface area contributed by atoms with E-state index in [2.05, 4.69) is 5.32 Å². The number of hydrogen-bond donors (Lipinski definition) is 1. The van der Waals surface area contributed by atoms with Crippen molar-refractivity contribution in [1.82, 2.24) is 10.2 Å². The second-order valence-corrected chi connectivity index (χ2v) is 10.2. The van der Waals surface area contributed by atoms with Crippen molar-refractivity contribution in [2.45, 2.75) is 97.9 Å². The molecular formula is C26H42N2O6. The summed E-state index contributed by atoms with van der Waals surface area (Å²) >= 11 is 0. The highest BCUT2D eigenvalue weighted by molar-refractivity contribution is 5.88. The first-order chi connectivity index (χ1) is 15.7. The second-order valence-electron chi connectivity index (χ2n) is 10.2. The van der Waals surface area contributed by atoms with E-state index in [1.807, 2.05) is 30.3 Å². The Morgan fingerprint density at radius 3 is 1.94 bits per heavy atom. The molecule has 192 valence electrons. The van der Waals surface area contributed by atoms with Crippen molar-refractivity contribution >= 4 is 18.2 Å². The Morgan fingerprint density at radius 1 is 0.941 bits per heavy atom. The van der Waals surface area contributed by atoms with Gasteiger partial charge in [-0.15, -0.1) is 0 Å². The molecule has 34 heavy (non-hydrogen) atoms. The molecule has 1 rings (SSSR count). The third kappa shape index (κ3) is 11.5. The molecule has 1 aromatic carbocycles. The molecule has 8 nitrogen and oxygen atoms in total. The van der Waals surface area contributed by atoms with Crippen LogP contribution >= 0.6 is 0 Å². The van der Waals surface area contributed by atoms with Crippen LogP contribution in [-0.2, 0) is 25.4 Å². The largest absolute Gasteiger partial charge is 0.465 e. The zero-order chi connectivity index (χ0) is 25.9. The minimum absolute atomic E-state index is 0.313. The number of amides is 2. The maximum Gasteiger partial charge on any atom is 0.420 e. The Kier molecular flexibility index (Phi) is 11.5. The molecule has 2 atom stereocenters. The Bertz CT molecular complexity index is 755. The second kappa shape index (κ2) is 13.3. The van der Waals surface area contributed by atoms with Gasteiger partial charge in [0.15, 0.2) is 0 Å². The summed E-state index contributed by atoms with van der Waals surface area (Å²) in [6.07, 6.45) is 0.0810. The Hall–Kier alpha value is -2.61. The summed E-state index contributed by atoms with van der Waals surface area (Å²) in [6.45, 7) is 14.9. The van der Waals surface area contributed by atoms with E-state index in [1.165, 1.54) is 0 Å². The highest BCUT2D eigenvalue weighted by atomic mass is 16.6. The summed E-state index contributed by atoms with van der Waals surface area (Å²) in [5.74, 6) is -0.313. The van der Waals surface area contributed by atoms with Gasteiger partial charge in [-0.05, 0) is 86.8 Å². The van der Waals surface area contributed by atoms with Gasteiger partial charge in [0.2, 0.25) is 0 Å². The first-order valence-corrected chi connectivity index (χ1v) is 11.9. The molecule has 0 bridgehead atoms. The van der Waals surface area contributed by atoms with Crippen LogP contribution in [0.4, 0.5) is 9.59 Å². The standard InChI is InChI=1S/C26H42N2O6/c1-9-32-22(29)19(2)27-17-13-16-21(18-20-14-11-10-12-15-20)28(23(30)33-25(3,4)5)24(31)34-26(6,7)8/h10-12,14-15,19,21,27H,9,13,16-18H2,1-8H3/t19-,21+/m0/s1. The van der Waals surface area contributed by atoms with Crippen LogP contribution in [0.2, 0.25) is 0 Å². The van der Waals surface area contributed by atoms with E-state index < -0.39 is 35.5 Å². The van der Waals surface area contributed by atoms with Gasteiger partial charge in [-0.2, -0.15) is 0 Å². The fraction of sp³-hybridized carbons (Fsp3) is 0.654. The molecule has 0 aliphatic carbocycles. The number of ether oxygens (including phenoxy) is 3. The SMILES string of the molecule is CCOC(=O)[C@H](C)NCCC[C@H](Cc1ccccc1)N(C(=O)OC(C)(C)C)C(=O)OC(C)(C)C. The minimum Gasteiger partial charge on any atom is -0.465 e. The van der Waals surface area contributed by atoms with Crippen LogP contribution in [0.25, 0.3) is 0 Å². The van der Waals surface area contributed by atoms with E-state index in [0.717, 1.165) is 10.5 Å². The number of carbonyl (C=O) groups excluding carboxylic acids is 3. The van der Waals surface area contributed by atoms with Crippen LogP contribution in [0.1, 0.15) is 73.8 Å². The highest BCUT2D eigenvalue weighted by Gasteiger charge is 2.36. The fourth-order valence-corrected chi connectivity index (χ4v) is 3.21. The molecule has 0 saturated heterocycles. The molecule has 0 aromatic heterocycles. The quantitative estimate of drug-likeness (QED) is 0.284. The Labute approximate surface area is 204 Å². The first-order valence-electron chi connectivity index (χ1n) is 11.9. The molecule has 8 heteroatoms. The van der Waals surface area contributed by atoms with Crippen molar-refractivity contribution in [2.24, 2.45) is 0 Å². The van der Waals surface area contributed by atoms with Crippen LogP contribution in [0.15, 0.2) is 30.3 Å². The molecule has 1 aromatic rings. The average Bonchev–Trinajstić information content (AvgIpc) is 2.69. The lowest BCUT2D eigenvalue weighted by atomic mass is 10.0. The smallest absolute Gasteiger partial charge is 0.420 e. The van der Waals surface area contributed by atoms with Crippen molar-refractivity contribution in [3.63, 3.8) is 0 Å². The lowest BCUT2D eigenvalue weighted by Gasteiger charge is -2.33. The van der Waals surface area contributed by atoms with Gasteiger partial charge in [0.25, 0.3) is 0 Å². The zero-order valence-corrected chi connectivity index (χ0v) is 22.0. The summed E-state index contributed by atoms with van der Waals surface area (Å²) in [5, 5.41) is 3.13. The third-order valence-electron chi connectivity index (χ3n) is 4.66. The number of nitrogens with one attached hydrogen (secondary N) is 1. The van der Waals surface area contributed by atoms with E-state index >= 15 is 0 Å². The van der Waals surface area contributed by atoms with Crippen molar-refractivity contribution in [3.8, 4) is 0 Å². The van der Waals surface area contributed by atoms with Gasteiger partial charge in [-0.1, -0.05) is 30.3 Å². The van der Waals surface area contributed by atoms with Crippen LogP contribution < -0.4 is 5.32 Å². The summed E-state index contributed by atoms with van der Waals surface area (Å²) in [5.41, 5.74) is -0.561. The first kappa shape index (κ1) is 29.4. The van der Waals surface area contributed by atoms with Crippen molar-refractivity contribution < 1.29 is 28.6 Å². The van der Waals surface area contributed by atoms with E-state index in [4.69, 9.17) is 14.2 Å². The van der Waals surface area contributed by atoms with E-state index in [1.54, 1.807) is 55.4 Å². The highest BCUT2D eigenvalue weighted by Crippen LogP contribution is 2.21. The molecule has 1 N–H and O–H groups in total. The molecule has 0 aliphatic rings. The number of benzene rings is 1. The number of rotatable bonds is 10. The number of nitrogens with zero attached hydrogens (tertiary/aromatic N) is 1. The maximum absolute atomic E-state index is 13.1. The van der Waals surface area contributed by atoms with Gasteiger partial charge in [0, 0.05) is 0 Å². The van der Waals surface area contributed by atoms with Gasteiger partial charge >= 0.3 is 18.2 Å². The topological polar surface area (TPSA) is 94.2 Å². The van der Waals surface area contributed by atoms with E-state index in [0.29, 0.717) is 32.4 Å². The lowest BCUT2D eigenvalue weighted by molar-refractivity contribution is -0.145. The van der Waals surface area contributed by atoms with Gasteiger partial charge in [-0.25, -0.2) is 14.5 Å². The molecule has 0 fully saturated rings. The fourth-order valence-electron chi connectivity index (χ4n) is 3.21. The van der Waals surface area contributed by atoms with Crippen LogP contribution in [-0.4, -0.2) is 59.5 Å². The lowest BCUT2D eigenvalue weighted by Crippen LogP contribution is -2.50. The number of imide groups is 1. The molecule has 0 radical (unpaired) electrons. The summed E-state index contributed by atoms with van der Waals surface area (Å²) < 4.78 is 16.2. The maximum atomic E-state index is 13.1. The number of carbonyl (C=O) groups is 3. The van der Waals surface area contributed by atoms with Gasteiger partial charge in [0.05, 0.1) is 12.6 Å². The summed E-state index contributed by atoms with van der Waals surface area (Å²) in [4.78, 5) is 39.2. The molecule has 2 amide bonds. The number of hydrogen-bond acceptors (Lipinski definition) is 7. The third-order valence-corrected chi connectivity index (χ3v) is 4.66. The van der Waals surface area contributed by atoms with Gasteiger partial charge in [-0.3, -0.25) is 4.79 Å². The number of esters is 1. The van der Waals surface area contributed by atoms with E-state index in [9.17, 15) is 14.4 Å². The van der Waals surface area contributed by atoms with Crippen LogP contribution in [0.5, 0.6) is 0 Å². The van der Waals surface area contributed by atoms with Crippen LogP contribution in [0.3, 0.4) is 0 Å². The van der Waals surface area contributed by atoms with Crippen molar-refractivity contribution in [3.05, 3.63) is 35.9 Å². The molecule has 0 aliphatic heterocycles. The monoisotopic (exact) mass is 478 g/mol. The van der Waals surface area contributed by atoms with Gasteiger partial charge < -0.3 is 19.5 Å². The summed E-state index contributed by atoms with van der Waals surface area (Å²) in [6, 6.07) is 8.72. The molecule has 0 spiro atoms. The Balaban J connectivity index is 3.09. The molecule has 0 unspecified atom stereocenters. The van der Waals surface area contributed by atoms with Crippen molar-refractivity contribution in [2.75, 3.05) is 13.2 Å². The molecule has 0 heterocycles. The minimum atomic E-state index is -0.773. The predicted octanol–water partition coefficient (Wildman–Crippen LogP) is 5.09. The van der Waals surface area contributed by atoms with Gasteiger partial charge in [0.1, 0.15) is 17.2 Å². The molecular weight excluding hydrogens is 436 g/mol. The zero-order valence-electron chi connectivity index (χ0n) is 22.0. The normalized spacial score (nSPS) is 13.5. The van der Waals surface area contributed by atoms with E-state index in [-0.39, 0.29) is 5.97 Å². The Morgan fingerprint density at radius 2 is 1.47 bits per heavy atom. The summed E-state index contributed by atoms with van der Waals surface area (Å²) in [7, 11) is 0. The average molecular weight is 479 g/mol. The van der Waals surface area contributed by atoms with Crippen LogP contribution in [0, 0.1) is 0 Å².